The van der Waals surface area contributed by atoms with E-state index in [0.29, 0.717) is 11.4 Å². The van der Waals surface area contributed by atoms with Crippen LogP contribution in [0.2, 0.25) is 0 Å². The topological polar surface area (TPSA) is 42.4 Å². The molecule has 1 aromatic carbocycles. The minimum atomic E-state index is -0.710. The Balaban J connectivity index is 2.18. The van der Waals surface area contributed by atoms with Gasteiger partial charge in [-0.2, -0.15) is 0 Å². The van der Waals surface area contributed by atoms with Gasteiger partial charge in [0.1, 0.15) is 23.1 Å². The largest absolute Gasteiger partial charge is 0.456 e. The maximum Gasteiger partial charge on any atom is 0.145 e. The monoisotopic (exact) mass is 251 g/mol. The molecule has 2 rings (SSSR count). The van der Waals surface area contributed by atoms with Crippen LogP contribution in [0.4, 0.5) is 8.78 Å². The second-order valence-electron chi connectivity index (χ2n) is 3.80. The molecular formula is C13H11F2NO2. The zero-order valence-electron chi connectivity index (χ0n) is 9.60. The number of hydrogen-bond acceptors (Lipinski definition) is 3. The van der Waals surface area contributed by atoms with E-state index in [1.54, 1.807) is 19.1 Å². The van der Waals surface area contributed by atoms with Gasteiger partial charge in [0.2, 0.25) is 0 Å². The van der Waals surface area contributed by atoms with Crippen molar-refractivity contribution >= 4 is 0 Å². The van der Waals surface area contributed by atoms with E-state index >= 15 is 0 Å². The molecule has 2 aromatic rings. The summed E-state index contributed by atoms with van der Waals surface area (Å²) in [7, 11) is 0. The first-order valence-corrected chi connectivity index (χ1v) is 5.32. The summed E-state index contributed by atoms with van der Waals surface area (Å²) < 4.78 is 31.1. The van der Waals surface area contributed by atoms with E-state index in [1.807, 2.05) is 0 Å². The van der Waals surface area contributed by atoms with Crippen LogP contribution in [0.3, 0.4) is 0 Å². The molecule has 0 aliphatic rings. The standard InChI is InChI=1S/C13H11F2NO2/c1-8(17)13-3-2-11(7-16-13)18-12-5-9(14)4-10(15)6-12/h2-8,17H,1H3. The van der Waals surface area contributed by atoms with Crippen molar-refractivity contribution in [1.29, 1.82) is 0 Å². The van der Waals surface area contributed by atoms with Crippen molar-refractivity contribution in [1.82, 2.24) is 4.98 Å². The molecule has 0 saturated carbocycles. The summed E-state index contributed by atoms with van der Waals surface area (Å²) in [5, 5.41) is 9.27. The fourth-order valence-electron chi connectivity index (χ4n) is 1.42. The van der Waals surface area contributed by atoms with E-state index < -0.39 is 17.7 Å². The van der Waals surface area contributed by atoms with Gasteiger partial charge in [0.05, 0.1) is 18.0 Å². The van der Waals surface area contributed by atoms with Crippen molar-refractivity contribution in [2.45, 2.75) is 13.0 Å². The number of rotatable bonds is 3. The van der Waals surface area contributed by atoms with Gasteiger partial charge >= 0.3 is 0 Å². The second kappa shape index (κ2) is 5.10. The first kappa shape index (κ1) is 12.4. The molecule has 94 valence electrons. The minimum absolute atomic E-state index is 0.0547. The first-order chi connectivity index (χ1) is 8.54. The van der Waals surface area contributed by atoms with E-state index in [1.165, 1.54) is 6.20 Å². The molecule has 0 saturated heterocycles. The first-order valence-electron chi connectivity index (χ1n) is 5.32. The number of hydrogen-bond donors (Lipinski definition) is 1. The van der Waals surface area contributed by atoms with Crippen LogP contribution in [-0.2, 0) is 0 Å². The zero-order valence-corrected chi connectivity index (χ0v) is 9.60. The molecule has 0 radical (unpaired) electrons. The Kier molecular flexibility index (Phi) is 3.53. The lowest BCUT2D eigenvalue weighted by atomic mass is 10.2. The van der Waals surface area contributed by atoms with Gasteiger partial charge in [-0.1, -0.05) is 0 Å². The van der Waals surface area contributed by atoms with Crippen molar-refractivity contribution < 1.29 is 18.6 Å². The van der Waals surface area contributed by atoms with Crippen LogP contribution in [0.5, 0.6) is 11.5 Å². The molecule has 18 heavy (non-hydrogen) atoms. The van der Waals surface area contributed by atoms with Crippen LogP contribution in [0, 0.1) is 11.6 Å². The Bertz CT molecular complexity index is 521. The second-order valence-corrected chi connectivity index (χ2v) is 3.80. The lowest BCUT2D eigenvalue weighted by Gasteiger charge is -2.07. The SMILES string of the molecule is CC(O)c1ccc(Oc2cc(F)cc(F)c2)cn1. The number of nitrogens with zero attached hydrogens (tertiary/aromatic N) is 1. The van der Waals surface area contributed by atoms with Crippen LogP contribution in [0.1, 0.15) is 18.7 Å². The molecule has 0 bridgehead atoms. The fourth-order valence-corrected chi connectivity index (χ4v) is 1.42. The van der Waals surface area contributed by atoms with Crippen molar-refractivity contribution in [2.75, 3.05) is 0 Å². The number of halogens is 2. The Hall–Kier alpha value is -2.01. The summed E-state index contributed by atoms with van der Waals surface area (Å²) in [5.74, 6) is -1.03. The van der Waals surface area contributed by atoms with Crippen LogP contribution < -0.4 is 4.74 Å². The van der Waals surface area contributed by atoms with Crippen molar-refractivity contribution in [3.05, 3.63) is 53.9 Å². The van der Waals surface area contributed by atoms with Gasteiger partial charge in [-0.3, -0.25) is 4.98 Å². The molecule has 1 heterocycles. The lowest BCUT2D eigenvalue weighted by molar-refractivity contribution is 0.194. The average molecular weight is 251 g/mol. The summed E-state index contributed by atoms with van der Waals surface area (Å²) in [5.41, 5.74) is 0.493. The predicted molar refractivity (Wildman–Crippen MR) is 61.3 cm³/mol. The van der Waals surface area contributed by atoms with Crippen LogP contribution in [0.25, 0.3) is 0 Å². The molecule has 5 heteroatoms. The van der Waals surface area contributed by atoms with E-state index in [-0.39, 0.29) is 5.75 Å². The summed E-state index contributed by atoms with van der Waals surface area (Å²) in [6.45, 7) is 1.59. The fraction of sp³-hybridized carbons (Fsp3) is 0.154. The highest BCUT2D eigenvalue weighted by molar-refractivity contribution is 5.31. The van der Waals surface area contributed by atoms with E-state index in [2.05, 4.69) is 4.98 Å². The molecule has 0 spiro atoms. The van der Waals surface area contributed by atoms with Crippen molar-refractivity contribution in [2.24, 2.45) is 0 Å². The Morgan fingerprint density at radius 3 is 2.28 bits per heavy atom. The summed E-state index contributed by atoms with van der Waals surface area (Å²) in [6, 6.07) is 6.06. The predicted octanol–water partition coefficient (Wildman–Crippen LogP) is 3.21. The smallest absolute Gasteiger partial charge is 0.145 e. The summed E-state index contributed by atoms with van der Waals surface area (Å²) in [4.78, 5) is 3.96. The molecule has 0 aliphatic heterocycles. The number of aliphatic hydroxyl groups is 1. The number of pyridine rings is 1. The lowest BCUT2D eigenvalue weighted by Crippen LogP contribution is -1.95. The van der Waals surface area contributed by atoms with Crippen LogP contribution >= 0.6 is 0 Å². The van der Waals surface area contributed by atoms with Gasteiger partial charge in [-0.05, 0) is 19.1 Å². The minimum Gasteiger partial charge on any atom is -0.456 e. The highest BCUT2D eigenvalue weighted by Gasteiger charge is 2.05. The number of aromatic nitrogens is 1. The molecular weight excluding hydrogens is 240 g/mol. The van der Waals surface area contributed by atoms with Gasteiger partial charge in [-0.25, -0.2) is 8.78 Å². The highest BCUT2D eigenvalue weighted by Crippen LogP contribution is 2.23. The molecule has 0 amide bonds. The normalized spacial score (nSPS) is 12.2. The van der Waals surface area contributed by atoms with E-state index in [9.17, 15) is 13.9 Å². The average Bonchev–Trinajstić information content (AvgIpc) is 2.28. The molecule has 0 aliphatic carbocycles. The third-order valence-corrected chi connectivity index (χ3v) is 2.26. The maximum atomic E-state index is 12.9. The molecule has 1 unspecified atom stereocenters. The maximum absolute atomic E-state index is 12.9. The Labute approximate surface area is 103 Å². The molecule has 1 N–H and O–H groups in total. The number of ether oxygens (including phenoxy) is 1. The third kappa shape index (κ3) is 3.01. The Morgan fingerprint density at radius 2 is 1.78 bits per heavy atom. The third-order valence-electron chi connectivity index (χ3n) is 2.26. The zero-order chi connectivity index (χ0) is 13.1. The van der Waals surface area contributed by atoms with Gasteiger partial charge in [0, 0.05) is 18.2 Å². The number of benzene rings is 1. The van der Waals surface area contributed by atoms with Crippen LogP contribution in [0.15, 0.2) is 36.5 Å². The van der Waals surface area contributed by atoms with E-state index in [0.717, 1.165) is 18.2 Å². The molecule has 1 aromatic heterocycles. The molecule has 0 fully saturated rings. The van der Waals surface area contributed by atoms with E-state index in [4.69, 9.17) is 4.74 Å². The Morgan fingerprint density at radius 1 is 1.11 bits per heavy atom. The molecule has 3 nitrogen and oxygen atoms in total. The van der Waals surface area contributed by atoms with Crippen LogP contribution in [-0.4, -0.2) is 10.1 Å². The quantitative estimate of drug-likeness (QED) is 0.910. The van der Waals surface area contributed by atoms with Gasteiger partial charge < -0.3 is 9.84 Å². The highest BCUT2D eigenvalue weighted by atomic mass is 19.1. The van der Waals surface area contributed by atoms with Gasteiger partial charge in [-0.15, -0.1) is 0 Å². The number of aliphatic hydroxyl groups excluding tert-OH is 1. The summed E-state index contributed by atoms with van der Waals surface area (Å²) >= 11 is 0. The van der Waals surface area contributed by atoms with Crippen molar-refractivity contribution in [3.8, 4) is 11.5 Å². The van der Waals surface area contributed by atoms with Gasteiger partial charge in [0.15, 0.2) is 0 Å². The van der Waals surface area contributed by atoms with Crippen molar-refractivity contribution in [3.63, 3.8) is 0 Å². The summed E-state index contributed by atoms with van der Waals surface area (Å²) in [6.07, 6.45) is 0.705. The molecule has 1 atom stereocenters. The van der Waals surface area contributed by atoms with Gasteiger partial charge in [0.25, 0.3) is 0 Å².